The molecule has 7 nitrogen and oxygen atoms in total. The van der Waals surface area contributed by atoms with Gasteiger partial charge < -0.3 is 14.7 Å². The molecule has 1 amide bonds. The minimum Gasteiger partial charge on any atom is -0.481 e. The van der Waals surface area contributed by atoms with E-state index in [1.807, 2.05) is 29.1 Å². The van der Waals surface area contributed by atoms with Crippen LogP contribution in [0.15, 0.2) is 42.7 Å². The lowest BCUT2D eigenvalue weighted by Crippen LogP contribution is -2.52. The van der Waals surface area contributed by atoms with E-state index >= 15 is 0 Å². The smallest absolute Gasteiger partial charge is 0.313 e. The van der Waals surface area contributed by atoms with E-state index in [9.17, 15) is 14.7 Å². The Morgan fingerprint density at radius 2 is 2.08 bits per heavy atom. The van der Waals surface area contributed by atoms with Crippen molar-refractivity contribution in [3.05, 3.63) is 53.9 Å². The maximum absolute atomic E-state index is 12.8. The zero-order valence-corrected chi connectivity index (χ0v) is 14.8. The number of hydrogen-bond donors (Lipinski definition) is 1. The summed E-state index contributed by atoms with van der Waals surface area (Å²) in [6, 6.07) is 9.24. The van der Waals surface area contributed by atoms with Gasteiger partial charge in [-0.3, -0.25) is 14.3 Å². The number of ether oxygens (including phenoxy) is 1. The van der Waals surface area contributed by atoms with Gasteiger partial charge >= 0.3 is 5.97 Å². The normalized spacial score (nSPS) is 20.1. The predicted octanol–water partition coefficient (Wildman–Crippen LogP) is 1.88. The molecule has 1 unspecified atom stereocenters. The van der Waals surface area contributed by atoms with Gasteiger partial charge in [-0.15, -0.1) is 0 Å². The zero-order valence-electron chi connectivity index (χ0n) is 14.8. The lowest BCUT2D eigenvalue weighted by molar-refractivity contribution is -0.155. The van der Waals surface area contributed by atoms with Crippen LogP contribution in [0.1, 0.15) is 28.8 Å². The minimum atomic E-state index is -1.03. The van der Waals surface area contributed by atoms with E-state index in [1.54, 1.807) is 23.2 Å². The molecule has 7 heteroatoms. The number of carboxylic acids is 1. The zero-order chi connectivity index (χ0) is 18.6. The van der Waals surface area contributed by atoms with Crippen LogP contribution < -0.4 is 0 Å². The third-order valence-electron chi connectivity index (χ3n) is 4.84. The number of nitrogens with zero attached hydrogens (tertiary/aromatic N) is 3. The van der Waals surface area contributed by atoms with E-state index in [0.717, 1.165) is 5.56 Å². The average molecular weight is 357 g/mol. The Bertz CT molecular complexity index is 754. The molecule has 1 aliphatic rings. The second-order valence-corrected chi connectivity index (χ2v) is 6.75. The van der Waals surface area contributed by atoms with Gasteiger partial charge in [-0.05, 0) is 36.6 Å². The summed E-state index contributed by atoms with van der Waals surface area (Å²) >= 11 is 0. The fourth-order valence-corrected chi connectivity index (χ4v) is 3.45. The van der Waals surface area contributed by atoms with Crippen LogP contribution >= 0.6 is 0 Å². The largest absolute Gasteiger partial charge is 0.481 e. The molecule has 2 heterocycles. The highest BCUT2D eigenvalue weighted by molar-refractivity contribution is 5.94. The molecule has 3 rings (SSSR count). The van der Waals surface area contributed by atoms with Gasteiger partial charge in [0.2, 0.25) is 0 Å². The third-order valence-corrected chi connectivity index (χ3v) is 4.84. The average Bonchev–Trinajstić information content (AvgIpc) is 3.15. The molecule has 2 aromatic rings. The van der Waals surface area contributed by atoms with Crippen LogP contribution in [-0.4, -0.2) is 58.5 Å². The fourth-order valence-electron chi connectivity index (χ4n) is 3.45. The minimum absolute atomic E-state index is 0.106. The predicted molar refractivity (Wildman–Crippen MR) is 94.9 cm³/mol. The number of piperidine rings is 1. The van der Waals surface area contributed by atoms with Crippen LogP contribution in [0.5, 0.6) is 0 Å². The molecule has 1 aliphatic heterocycles. The first-order valence-corrected chi connectivity index (χ1v) is 8.62. The number of likely N-dealkylation sites (tertiary alicyclic amines) is 1. The van der Waals surface area contributed by atoms with Crippen LogP contribution in [0.4, 0.5) is 0 Å². The Morgan fingerprint density at radius 1 is 1.31 bits per heavy atom. The van der Waals surface area contributed by atoms with Crippen molar-refractivity contribution in [2.24, 2.45) is 5.41 Å². The standard InChI is InChI=1S/C19H23N3O4/c1-26-14-19(18(24)25)8-2-10-21(13-19)17(23)16-6-4-15(5-7-16)12-22-11-3-9-20-22/h3-7,9,11H,2,8,10,12-14H2,1H3,(H,24,25). The number of amides is 1. The molecule has 0 aliphatic carbocycles. The number of aliphatic carboxylic acids is 1. The van der Waals surface area contributed by atoms with Gasteiger partial charge in [0.05, 0.1) is 13.2 Å². The summed E-state index contributed by atoms with van der Waals surface area (Å²) in [4.78, 5) is 26.2. The highest BCUT2D eigenvalue weighted by atomic mass is 16.5. The topological polar surface area (TPSA) is 84.7 Å². The molecule has 26 heavy (non-hydrogen) atoms. The molecule has 1 fully saturated rings. The van der Waals surface area contributed by atoms with Crippen molar-refractivity contribution < 1.29 is 19.4 Å². The molecule has 0 spiro atoms. The summed E-state index contributed by atoms with van der Waals surface area (Å²) < 4.78 is 6.93. The number of carboxylic acid groups (broad SMARTS) is 1. The van der Waals surface area contributed by atoms with Crippen molar-refractivity contribution in [1.29, 1.82) is 0 Å². The molecule has 1 saturated heterocycles. The summed E-state index contributed by atoms with van der Waals surface area (Å²) in [5, 5.41) is 13.8. The highest BCUT2D eigenvalue weighted by Crippen LogP contribution is 2.31. The van der Waals surface area contributed by atoms with Crippen molar-refractivity contribution >= 4 is 11.9 Å². The van der Waals surface area contributed by atoms with Gasteiger partial charge in [0.25, 0.3) is 5.91 Å². The van der Waals surface area contributed by atoms with Gasteiger partial charge in [-0.25, -0.2) is 0 Å². The number of carbonyl (C=O) groups excluding carboxylic acids is 1. The summed E-state index contributed by atoms with van der Waals surface area (Å²) in [5.74, 6) is -1.05. The first kappa shape index (κ1) is 18.1. The Kier molecular flexibility index (Phi) is 5.37. The lowest BCUT2D eigenvalue weighted by Gasteiger charge is -2.39. The Balaban J connectivity index is 1.71. The van der Waals surface area contributed by atoms with E-state index in [2.05, 4.69) is 5.10 Å². The number of hydrogen-bond acceptors (Lipinski definition) is 4. The van der Waals surface area contributed by atoms with Crippen molar-refractivity contribution in [2.75, 3.05) is 26.8 Å². The highest BCUT2D eigenvalue weighted by Gasteiger charge is 2.43. The molecular formula is C19H23N3O4. The van der Waals surface area contributed by atoms with Gasteiger partial charge in [-0.2, -0.15) is 5.10 Å². The number of aromatic nitrogens is 2. The monoisotopic (exact) mass is 357 g/mol. The molecular weight excluding hydrogens is 334 g/mol. The van der Waals surface area contributed by atoms with Crippen LogP contribution in [-0.2, 0) is 16.1 Å². The number of carbonyl (C=O) groups is 2. The third kappa shape index (κ3) is 3.77. The Hall–Kier alpha value is -2.67. The summed E-state index contributed by atoms with van der Waals surface area (Å²) in [5.41, 5.74) is 0.582. The quantitative estimate of drug-likeness (QED) is 0.853. The molecule has 0 bridgehead atoms. The second-order valence-electron chi connectivity index (χ2n) is 6.75. The second kappa shape index (κ2) is 7.70. The lowest BCUT2D eigenvalue weighted by atomic mass is 9.80. The molecule has 0 saturated carbocycles. The molecule has 0 radical (unpaired) electrons. The van der Waals surface area contributed by atoms with Gasteiger partial charge in [0.1, 0.15) is 5.41 Å². The maximum atomic E-state index is 12.8. The SMILES string of the molecule is COCC1(C(=O)O)CCCN(C(=O)c2ccc(Cn3cccn3)cc2)C1. The van der Waals surface area contributed by atoms with Crippen molar-refractivity contribution in [2.45, 2.75) is 19.4 Å². The molecule has 1 aromatic carbocycles. The van der Waals surface area contributed by atoms with E-state index in [0.29, 0.717) is 31.5 Å². The van der Waals surface area contributed by atoms with Crippen molar-refractivity contribution in [3.63, 3.8) is 0 Å². The van der Waals surface area contributed by atoms with Gasteiger partial charge in [-0.1, -0.05) is 12.1 Å². The van der Waals surface area contributed by atoms with E-state index < -0.39 is 11.4 Å². The molecule has 1 aromatic heterocycles. The first-order valence-electron chi connectivity index (χ1n) is 8.62. The van der Waals surface area contributed by atoms with E-state index in [1.165, 1.54) is 7.11 Å². The molecule has 138 valence electrons. The number of rotatable bonds is 6. The van der Waals surface area contributed by atoms with Crippen LogP contribution in [0, 0.1) is 5.41 Å². The Labute approximate surface area is 152 Å². The number of methoxy groups -OCH3 is 1. The maximum Gasteiger partial charge on any atom is 0.313 e. The first-order chi connectivity index (χ1) is 12.5. The van der Waals surface area contributed by atoms with Crippen LogP contribution in [0.3, 0.4) is 0 Å². The molecule has 1 N–H and O–H groups in total. The van der Waals surface area contributed by atoms with Crippen LogP contribution in [0.25, 0.3) is 0 Å². The summed E-state index contributed by atoms with van der Waals surface area (Å²) in [6.45, 7) is 1.48. The van der Waals surface area contributed by atoms with Crippen molar-refractivity contribution in [3.8, 4) is 0 Å². The van der Waals surface area contributed by atoms with E-state index in [-0.39, 0.29) is 19.1 Å². The summed E-state index contributed by atoms with van der Waals surface area (Å²) in [7, 11) is 1.49. The van der Waals surface area contributed by atoms with Crippen molar-refractivity contribution in [1.82, 2.24) is 14.7 Å². The number of benzene rings is 1. The fraction of sp³-hybridized carbons (Fsp3) is 0.421. The molecule has 1 atom stereocenters. The Morgan fingerprint density at radius 3 is 2.69 bits per heavy atom. The van der Waals surface area contributed by atoms with Gasteiger partial charge in [0, 0.05) is 38.2 Å². The van der Waals surface area contributed by atoms with Gasteiger partial charge in [0.15, 0.2) is 0 Å². The van der Waals surface area contributed by atoms with Crippen LogP contribution in [0.2, 0.25) is 0 Å². The van der Waals surface area contributed by atoms with E-state index in [4.69, 9.17) is 4.74 Å². The summed E-state index contributed by atoms with van der Waals surface area (Å²) in [6.07, 6.45) is 4.78.